The van der Waals surface area contributed by atoms with Gasteiger partial charge in [0.2, 0.25) is 0 Å². The second-order valence-corrected chi connectivity index (χ2v) is 8.39. The molecule has 110 valence electrons. The Kier molecular flexibility index (Phi) is 5.49. The molecule has 0 radical (unpaired) electrons. The van der Waals surface area contributed by atoms with Crippen LogP contribution < -0.4 is 5.32 Å². The van der Waals surface area contributed by atoms with E-state index in [1.165, 1.54) is 0 Å². The van der Waals surface area contributed by atoms with Crippen LogP contribution in [0.15, 0.2) is 6.33 Å². The van der Waals surface area contributed by atoms with Gasteiger partial charge in [-0.05, 0) is 33.7 Å². The monoisotopic (exact) mass is 288 g/mol. The largest absolute Gasteiger partial charge is 0.310 e. The van der Waals surface area contributed by atoms with Crippen molar-refractivity contribution in [3.05, 3.63) is 12.2 Å². The SMILES string of the molecule is CCCNCc1ncn(CCS(=O)(=O)C(C)(C)C)n1. The van der Waals surface area contributed by atoms with Gasteiger partial charge in [0.15, 0.2) is 15.7 Å². The van der Waals surface area contributed by atoms with Gasteiger partial charge in [0.05, 0.1) is 23.6 Å². The van der Waals surface area contributed by atoms with E-state index >= 15 is 0 Å². The van der Waals surface area contributed by atoms with Crippen molar-refractivity contribution in [2.24, 2.45) is 0 Å². The lowest BCUT2D eigenvalue weighted by molar-refractivity contribution is 0.546. The summed E-state index contributed by atoms with van der Waals surface area (Å²) in [6, 6.07) is 0. The second kappa shape index (κ2) is 6.47. The zero-order valence-corrected chi connectivity index (χ0v) is 13.0. The first kappa shape index (κ1) is 16.1. The topological polar surface area (TPSA) is 76.9 Å². The fourth-order valence-electron chi connectivity index (χ4n) is 1.42. The predicted octanol–water partition coefficient (Wildman–Crippen LogP) is 0.991. The quantitative estimate of drug-likeness (QED) is 0.757. The molecule has 0 amide bonds. The molecule has 1 N–H and O–H groups in total. The van der Waals surface area contributed by atoms with Crippen LogP contribution in [-0.4, -0.2) is 40.2 Å². The summed E-state index contributed by atoms with van der Waals surface area (Å²) >= 11 is 0. The molecule has 0 aromatic carbocycles. The van der Waals surface area contributed by atoms with Crippen LogP contribution in [0.5, 0.6) is 0 Å². The first-order valence-electron chi connectivity index (χ1n) is 6.57. The molecule has 0 aliphatic heterocycles. The maximum absolute atomic E-state index is 12.0. The molecule has 6 nitrogen and oxygen atoms in total. The number of aryl methyl sites for hydroxylation is 1. The van der Waals surface area contributed by atoms with Crippen molar-refractivity contribution in [3.8, 4) is 0 Å². The molecule has 19 heavy (non-hydrogen) atoms. The summed E-state index contributed by atoms with van der Waals surface area (Å²) in [6.07, 6.45) is 2.64. The van der Waals surface area contributed by atoms with Gasteiger partial charge in [0, 0.05) is 0 Å². The molecule has 7 heteroatoms. The predicted molar refractivity (Wildman–Crippen MR) is 75.6 cm³/mol. The molecule has 0 unspecified atom stereocenters. The van der Waals surface area contributed by atoms with Gasteiger partial charge >= 0.3 is 0 Å². The average Bonchev–Trinajstić information content (AvgIpc) is 2.73. The third-order valence-corrected chi connectivity index (χ3v) is 5.40. The molecular weight excluding hydrogens is 264 g/mol. The highest BCUT2D eigenvalue weighted by molar-refractivity contribution is 7.92. The van der Waals surface area contributed by atoms with Crippen molar-refractivity contribution in [2.75, 3.05) is 12.3 Å². The molecule has 1 heterocycles. The number of nitrogens with one attached hydrogen (secondary N) is 1. The minimum absolute atomic E-state index is 0.0850. The van der Waals surface area contributed by atoms with Crippen LogP contribution in [0, 0.1) is 0 Å². The van der Waals surface area contributed by atoms with Gasteiger partial charge in [-0.15, -0.1) is 0 Å². The lowest BCUT2D eigenvalue weighted by atomic mass is 10.3. The smallest absolute Gasteiger partial charge is 0.164 e. The third-order valence-electron chi connectivity index (χ3n) is 2.82. The molecule has 0 saturated heterocycles. The minimum atomic E-state index is -3.11. The summed E-state index contributed by atoms with van der Waals surface area (Å²) in [7, 11) is -3.11. The molecule has 1 aromatic rings. The zero-order valence-electron chi connectivity index (χ0n) is 12.2. The lowest BCUT2D eigenvalue weighted by Gasteiger charge is -2.18. The molecular formula is C12H24N4O2S. The van der Waals surface area contributed by atoms with Gasteiger partial charge in [-0.3, -0.25) is 4.68 Å². The lowest BCUT2D eigenvalue weighted by Crippen LogP contribution is -2.32. The average molecular weight is 288 g/mol. The van der Waals surface area contributed by atoms with Crippen LogP contribution in [-0.2, 0) is 22.9 Å². The van der Waals surface area contributed by atoms with Crippen LogP contribution in [0.1, 0.15) is 39.9 Å². The van der Waals surface area contributed by atoms with Crippen LogP contribution in [0.3, 0.4) is 0 Å². The summed E-state index contributed by atoms with van der Waals surface area (Å²) in [4.78, 5) is 4.15. The molecule has 0 bridgehead atoms. The van der Waals surface area contributed by atoms with Crippen LogP contribution >= 0.6 is 0 Å². The Morgan fingerprint density at radius 2 is 2.05 bits per heavy atom. The van der Waals surface area contributed by atoms with Gasteiger partial charge in [-0.2, -0.15) is 5.10 Å². The molecule has 0 saturated carbocycles. The maximum Gasteiger partial charge on any atom is 0.164 e. The van der Waals surface area contributed by atoms with Crippen molar-refractivity contribution in [2.45, 2.75) is 52.0 Å². The number of sulfone groups is 1. The van der Waals surface area contributed by atoms with E-state index in [-0.39, 0.29) is 5.75 Å². The van der Waals surface area contributed by atoms with E-state index in [9.17, 15) is 8.42 Å². The van der Waals surface area contributed by atoms with Crippen molar-refractivity contribution in [3.63, 3.8) is 0 Å². The number of nitrogens with zero attached hydrogens (tertiary/aromatic N) is 3. The van der Waals surface area contributed by atoms with Crippen LogP contribution in [0.2, 0.25) is 0 Å². The highest BCUT2D eigenvalue weighted by atomic mass is 32.2. The first-order valence-corrected chi connectivity index (χ1v) is 8.23. The number of hydrogen-bond donors (Lipinski definition) is 1. The Bertz CT molecular complexity index is 488. The second-order valence-electron chi connectivity index (χ2n) is 5.53. The van der Waals surface area contributed by atoms with Crippen molar-refractivity contribution in [1.82, 2.24) is 20.1 Å². The Hall–Kier alpha value is -0.950. The fourth-order valence-corrected chi connectivity index (χ4v) is 2.46. The summed E-state index contributed by atoms with van der Waals surface area (Å²) in [5.41, 5.74) is 0. The summed E-state index contributed by atoms with van der Waals surface area (Å²) in [5.74, 6) is 0.781. The number of rotatable bonds is 7. The van der Waals surface area contributed by atoms with E-state index in [1.807, 2.05) is 0 Å². The zero-order chi connectivity index (χ0) is 14.5. The van der Waals surface area contributed by atoms with Gasteiger partial charge in [-0.25, -0.2) is 13.4 Å². The first-order chi connectivity index (χ1) is 8.76. The van der Waals surface area contributed by atoms with Crippen molar-refractivity contribution in [1.29, 1.82) is 0 Å². The van der Waals surface area contributed by atoms with Gasteiger partial charge in [-0.1, -0.05) is 6.92 Å². The van der Waals surface area contributed by atoms with E-state index in [2.05, 4.69) is 22.3 Å². The van der Waals surface area contributed by atoms with Crippen LogP contribution in [0.25, 0.3) is 0 Å². The maximum atomic E-state index is 12.0. The minimum Gasteiger partial charge on any atom is -0.310 e. The summed E-state index contributed by atoms with van der Waals surface area (Å²) < 4.78 is 24.8. The Morgan fingerprint density at radius 1 is 1.37 bits per heavy atom. The molecule has 1 rings (SSSR count). The van der Waals surface area contributed by atoms with Crippen molar-refractivity contribution < 1.29 is 8.42 Å². The van der Waals surface area contributed by atoms with E-state index in [0.717, 1.165) is 13.0 Å². The van der Waals surface area contributed by atoms with Crippen molar-refractivity contribution >= 4 is 9.84 Å². The van der Waals surface area contributed by atoms with Gasteiger partial charge in [0.25, 0.3) is 0 Å². The number of aromatic nitrogens is 3. The van der Waals surface area contributed by atoms with Gasteiger partial charge in [0.1, 0.15) is 6.33 Å². The Labute approximate surface area is 115 Å². The molecule has 0 fully saturated rings. The highest BCUT2D eigenvalue weighted by Gasteiger charge is 2.28. The van der Waals surface area contributed by atoms with E-state index in [1.54, 1.807) is 31.8 Å². The standard InChI is InChI=1S/C12H24N4O2S/c1-5-6-13-9-11-14-10-16(15-11)7-8-19(17,18)12(2,3)4/h10,13H,5-9H2,1-4H3. The van der Waals surface area contributed by atoms with Gasteiger partial charge < -0.3 is 5.32 Å². The molecule has 0 aliphatic carbocycles. The fraction of sp³-hybridized carbons (Fsp3) is 0.833. The Morgan fingerprint density at radius 3 is 2.63 bits per heavy atom. The Balaban J connectivity index is 2.51. The summed E-state index contributed by atoms with van der Waals surface area (Å²) in [6.45, 7) is 9.12. The van der Waals surface area contributed by atoms with E-state index in [4.69, 9.17) is 0 Å². The molecule has 1 aromatic heterocycles. The normalized spacial score (nSPS) is 12.8. The summed E-state index contributed by atoms with van der Waals surface area (Å²) in [5, 5.41) is 7.45. The van der Waals surface area contributed by atoms with E-state index in [0.29, 0.717) is 18.9 Å². The molecule has 0 atom stereocenters. The molecule has 0 spiro atoms. The van der Waals surface area contributed by atoms with E-state index < -0.39 is 14.6 Å². The highest BCUT2D eigenvalue weighted by Crippen LogP contribution is 2.15. The third kappa shape index (κ3) is 4.91. The van der Waals surface area contributed by atoms with Crippen LogP contribution in [0.4, 0.5) is 0 Å². The number of hydrogen-bond acceptors (Lipinski definition) is 5. The molecule has 0 aliphatic rings.